The molecule has 28 heavy (non-hydrogen) atoms. The predicted octanol–water partition coefficient (Wildman–Crippen LogP) is 4.91. The fraction of sp³-hybridized carbons (Fsp3) is 0.550. The van der Waals surface area contributed by atoms with E-state index in [2.05, 4.69) is 10.1 Å². The molecule has 4 rings (SSSR count). The molecule has 2 atom stereocenters. The van der Waals surface area contributed by atoms with Crippen LogP contribution in [0.3, 0.4) is 0 Å². The van der Waals surface area contributed by atoms with Crippen LogP contribution in [-0.4, -0.2) is 39.8 Å². The third-order valence-electron chi connectivity index (χ3n) is 5.72. The highest BCUT2D eigenvalue weighted by atomic mass is 35.5. The molecule has 0 radical (unpaired) electrons. The molecule has 1 aliphatic carbocycles. The largest absolute Gasteiger partial charge is 0.444 e. The molecule has 8 heteroatoms. The lowest BCUT2D eigenvalue weighted by molar-refractivity contribution is 0.0169. The number of carbonyl (C=O) groups is 1. The second-order valence-electron chi connectivity index (χ2n) is 8.77. The molecule has 6 nitrogen and oxygen atoms in total. The molecule has 150 valence electrons. The summed E-state index contributed by atoms with van der Waals surface area (Å²) in [6, 6.07) is 5.73. The monoisotopic (exact) mass is 423 g/mol. The zero-order chi connectivity index (χ0) is 20.3. The molecule has 2 aromatic rings. The van der Waals surface area contributed by atoms with Gasteiger partial charge < -0.3 is 14.2 Å². The van der Waals surface area contributed by atoms with Gasteiger partial charge in [-0.05, 0) is 58.2 Å². The summed E-state index contributed by atoms with van der Waals surface area (Å²) in [5, 5.41) is 5.02. The van der Waals surface area contributed by atoms with Crippen molar-refractivity contribution in [3.8, 4) is 0 Å². The minimum atomic E-state index is -0.548. The van der Waals surface area contributed by atoms with Crippen molar-refractivity contribution in [1.82, 2.24) is 15.0 Å². The van der Waals surface area contributed by atoms with Crippen LogP contribution in [0.25, 0.3) is 0 Å². The molecule has 2 heterocycles. The van der Waals surface area contributed by atoms with Crippen molar-refractivity contribution in [2.75, 3.05) is 13.1 Å². The van der Waals surface area contributed by atoms with Crippen molar-refractivity contribution < 1.29 is 14.1 Å². The van der Waals surface area contributed by atoms with E-state index in [9.17, 15) is 4.79 Å². The molecule has 0 bridgehead atoms. The highest BCUT2D eigenvalue weighted by Gasteiger charge is 2.74. The van der Waals surface area contributed by atoms with Gasteiger partial charge in [-0.1, -0.05) is 34.4 Å². The summed E-state index contributed by atoms with van der Waals surface area (Å²) >= 11 is 12.4. The summed E-state index contributed by atoms with van der Waals surface area (Å²) in [6.07, 6.45) is 1.24. The quantitative estimate of drug-likeness (QED) is 0.686. The highest BCUT2D eigenvalue weighted by molar-refractivity contribution is 6.42. The van der Waals surface area contributed by atoms with E-state index in [1.807, 2.05) is 39.0 Å². The van der Waals surface area contributed by atoms with Crippen molar-refractivity contribution >= 4 is 29.3 Å². The SMILES string of the molecule is Cc1noc(C23CN(C(=O)OC(C)(C)C)CCC2(c2ccc(Cl)c(Cl)c2)C3)n1. The standard InChI is InChI=1S/C20H23Cl2N3O3/c1-12-23-16(28-24-12)20-10-19(20,13-5-6-14(21)15(22)9-13)7-8-25(11-20)17(26)27-18(2,3)4/h5-6,9H,7-8,10-11H2,1-4H3. The Kier molecular flexibility index (Phi) is 4.43. The fourth-order valence-corrected chi connectivity index (χ4v) is 4.67. The number of fused-ring (bicyclic) bond motifs is 1. The third kappa shape index (κ3) is 3.07. The summed E-state index contributed by atoms with van der Waals surface area (Å²) < 4.78 is 11.2. The molecule has 1 saturated carbocycles. The number of hydrogen-bond acceptors (Lipinski definition) is 5. The predicted molar refractivity (Wildman–Crippen MR) is 106 cm³/mol. The van der Waals surface area contributed by atoms with Gasteiger partial charge in [-0.15, -0.1) is 0 Å². The molecule has 2 fully saturated rings. The Morgan fingerprint density at radius 1 is 1.25 bits per heavy atom. The summed E-state index contributed by atoms with van der Waals surface area (Å²) in [6.45, 7) is 8.43. The molecule has 1 saturated heterocycles. The first-order valence-corrected chi connectivity index (χ1v) is 10.1. The van der Waals surface area contributed by atoms with Crippen LogP contribution in [0.15, 0.2) is 22.7 Å². The lowest BCUT2D eigenvalue weighted by Gasteiger charge is -2.37. The van der Waals surface area contributed by atoms with Gasteiger partial charge in [0.05, 0.1) is 15.5 Å². The molecule has 1 aromatic carbocycles. The minimum Gasteiger partial charge on any atom is -0.444 e. The van der Waals surface area contributed by atoms with Gasteiger partial charge in [0.2, 0.25) is 5.89 Å². The van der Waals surface area contributed by atoms with E-state index in [4.69, 9.17) is 32.5 Å². The first-order chi connectivity index (χ1) is 13.1. The van der Waals surface area contributed by atoms with E-state index in [-0.39, 0.29) is 11.5 Å². The third-order valence-corrected chi connectivity index (χ3v) is 6.46. The second-order valence-corrected chi connectivity index (χ2v) is 9.58. The van der Waals surface area contributed by atoms with E-state index in [0.717, 1.165) is 18.4 Å². The maximum atomic E-state index is 12.7. The fourth-order valence-electron chi connectivity index (χ4n) is 4.37. The number of rotatable bonds is 2. The average Bonchev–Trinajstić information content (AvgIpc) is 3.12. The van der Waals surface area contributed by atoms with Gasteiger partial charge in [0.25, 0.3) is 0 Å². The smallest absolute Gasteiger partial charge is 0.410 e. The Balaban J connectivity index is 1.70. The lowest BCUT2D eigenvalue weighted by atomic mass is 9.80. The van der Waals surface area contributed by atoms with Crippen LogP contribution >= 0.6 is 23.2 Å². The molecule has 0 spiro atoms. The van der Waals surface area contributed by atoms with Crippen molar-refractivity contribution in [1.29, 1.82) is 0 Å². The van der Waals surface area contributed by atoms with Gasteiger partial charge in [-0.2, -0.15) is 4.98 Å². The minimum absolute atomic E-state index is 0.210. The Bertz CT molecular complexity index is 939. The number of aryl methyl sites for hydroxylation is 1. The molecule has 1 aromatic heterocycles. The van der Waals surface area contributed by atoms with Gasteiger partial charge in [-0.25, -0.2) is 4.79 Å². The number of carbonyl (C=O) groups excluding carboxylic acids is 1. The Morgan fingerprint density at radius 2 is 2.00 bits per heavy atom. The molecule has 1 amide bonds. The number of likely N-dealkylation sites (tertiary alicyclic amines) is 1. The van der Waals surface area contributed by atoms with Gasteiger partial charge in [0.1, 0.15) is 5.60 Å². The number of hydrogen-bond donors (Lipinski definition) is 0. The molecular formula is C20H23Cl2N3O3. The number of aromatic nitrogens is 2. The normalized spacial score (nSPS) is 26.7. The van der Waals surface area contributed by atoms with E-state index < -0.39 is 11.0 Å². The van der Waals surface area contributed by atoms with Crippen LogP contribution in [-0.2, 0) is 15.6 Å². The van der Waals surface area contributed by atoms with Crippen LogP contribution in [0, 0.1) is 6.92 Å². The molecule has 0 N–H and O–H groups in total. The van der Waals surface area contributed by atoms with E-state index in [0.29, 0.717) is 34.8 Å². The Hall–Kier alpha value is -1.79. The first kappa shape index (κ1) is 19.5. The molecule has 1 aliphatic heterocycles. The van der Waals surface area contributed by atoms with Crippen molar-refractivity contribution in [2.45, 2.75) is 57.0 Å². The summed E-state index contributed by atoms with van der Waals surface area (Å²) in [4.78, 5) is 18.9. The van der Waals surface area contributed by atoms with Gasteiger partial charge in [0.15, 0.2) is 5.82 Å². The van der Waals surface area contributed by atoms with Crippen LogP contribution in [0.2, 0.25) is 10.0 Å². The van der Waals surface area contributed by atoms with Crippen molar-refractivity contribution in [3.05, 3.63) is 45.5 Å². The summed E-state index contributed by atoms with van der Waals surface area (Å²) in [5.74, 6) is 1.14. The lowest BCUT2D eigenvalue weighted by Crippen LogP contribution is -2.48. The Labute approximate surface area is 174 Å². The van der Waals surface area contributed by atoms with Gasteiger partial charge in [0, 0.05) is 18.5 Å². The van der Waals surface area contributed by atoms with E-state index in [1.165, 1.54) is 0 Å². The Morgan fingerprint density at radius 3 is 2.61 bits per heavy atom. The van der Waals surface area contributed by atoms with Crippen LogP contribution in [0.5, 0.6) is 0 Å². The van der Waals surface area contributed by atoms with Gasteiger partial charge in [-0.3, -0.25) is 0 Å². The van der Waals surface area contributed by atoms with Crippen LogP contribution in [0.1, 0.15) is 50.9 Å². The number of amides is 1. The zero-order valence-electron chi connectivity index (χ0n) is 16.4. The van der Waals surface area contributed by atoms with Crippen LogP contribution in [0.4, 0.5) is 4.79 Å². The number of piperidine rings is 1. The number of halogens is 2. The van der Waals surface area contributed by atoms with Crippen molar-refractivity contribution in [3.63, 3.8) is 0 Å². The highest BCUT2D eigenvalue weighted by Crippen LogP contribution is 2.69. The van der Waals surface area contributed by atoms with Crippen LogP contribution < -0.4 is 0 Å². The first-order valence-electron chi connectivity index (χ1n) is 9.31. The number of nitrogens with zero attached hydrogens (tertiary/aromatic N) is 3. The molecule has 2 aliphatic rings. The van der Waals surface area contributed by atoms with Crippen molar-refractivity contribution in [2.24, 2.45) is 0 Å². The second kappa shape index (κ2) is 6.36. The summed E-state index contributed by atoms with van der Waals surface area (Å²) in [5.41, 5.74) is -0.117. The topological polar surface area (TPSA) is 68.5 Å². The summed E-state index contributed by atoms with van der Waals surface area (Å²) in [7, 11) is 0. The van der Waals surface area contributed by atoms with Gasteiger partial charge >= 0.3 is 6.09 Å². The zero-order valence-corrected chi connectivity index (χ0v) is 17.9. The van der Waals surface area contributed by atoms with E-state index >= 15 is 0 Å². The molecular weight excluding hydrogens is 401 g/mol. The molecule has 2 unspecified atom stereocenters. The maximum Gasteiger partial charge on any atom is 0.410 e. The average molecular weight is 424 g/mol. The van der Waals surface area contributed by atoms with E-state index in [1.54, 1.807) is 11.8 Å². The maximum absolute atomic E-state index is 12.7. The number of ether oxygens (including phenoxy) is 1. The number of benzene rings is 1.